The molecule has 40 heavy (non-hydrogen) atoms. The third-order valence-electron chi connectivity index (χ3n) is 6.77. The molecule has 0 radical (unpaired) electrons. The van der Waals surface area contributed by atoms with Crippen LogP contribution in [-0.2, 0) is 22.5 Å². The number of amides is 2. The van der Waals surface area contributed by atoms with Crippen molar-refractivity contribution >= 4 is 24.4 Å². The molecule has 0 bridgehead atoms. The predicted octanol–water partition coefficient (Wildman–Crippen LogP) is 3.71. The van der Waals surface area contributed by atoms with Gasteiger partial charge in [0.1, 0.15) is 6.04 Å². The van der Waals surface area contributed by atoms with Crippen LogP contribution in [-0.4, -0.2) is 58.9 Å². The molecule has 216 valence electrons. The van der Waals surface area contributed by atoms with Crippen molar-refractivity contribution < 1.29 is 19.4 Å². The van der Waals surface area contributed by atoms with Gasteiger partial charge < -0.3 is 20.5 Å². The second-order valence-corrected chi connectivity index (χ2v) is 9.71. The van der Waals surface area contributed by atoms with Crippen LogP contribution in [0.5, 0.6) is 0 Å². The van der Waals surface area contributed by atoms with Crippen LogP contribution in [0.1, 0.15) is 31.4 Å². The second-order valence-electron chi connectivity index (χ2n) is 9.71. The van der Waals surface area contributed by atoms with Crippen LogP contribution in [0.2, 0.25) is 0 Å². The fourth-order valence-corrected chi connectivity index (χ4v) is 4.29. The van der Waals surface area contributed by atoms with Gasteiger partial charge in [0.25, 0.3) is 0 Å². The van der Waals surface area contributed by atoms with Gasteiger partial charge in [0.15, 0.2) is 0 Å². The number of halogens is 1. The van der Waals surface area contributed by atoms with E-state index in [-0.39, 0.29) is 30.8 Å². The highest BCUT2D eigenvalue weighted by Gasteiger charge is 2.30. The van der Waals surface area contributed by atoms with Crippen molar-refractivity contribution in [3.05, 3.63) is 90.1 Å². The molecule has 3 aromatic rings. The van der Waals surface area contributed by atoms with E-state index >= 15 is 0 Å². The number of alkyl carbamates (subject to hydrolysis) is 1. The fourth-order valence-electron chi connectivity index (χ4n) is 4.29. The average molecular weight is 570 g/mol. The molecule has 1 aromatic heterocycles. The molecule has 0 unspecified atom stereocenters. The lowest BCUT2D eigenvalue weighted by molar-refractivity contribution is -0.126. The zero-order valence-electron chi connectivity index (χ0n) is 23.2. The van der Waals surface area contributed by atoms with Gasteiger partial charge in [-0.3, -0.25) is 15.6 Å². The Kier molecular flexibility index (Phi) is 13.5. The number of nitrogens with two attached hydrogens (primary N) is 1. The van der Waals surface area contributed by atoms with Crippen molar-refractivity contribution in [3.63, 3.8) is 0 Å². The molecular weight excluding hydrogens is 530 g/mol. The van der Waals surface area contributed by atoms with E-state index in [0.717, 1.165) is 22.4 Å². The number of benzene rings is 2. The first kappa shape index (κ1) is 32.7. The molecule has 0 fully saturated rings. The Labute approximate surface area is 242 Å². The predicted molar refractivity (Wildman–Crippen MR) is 158 cm³/mol. The fraction of sp³-hybridized carbons (Fsp3) is 0.367. The Morgan fingerprint density at radius 1 is 1.00 bits per heavy atom. The topological polar surface area (TPSA) is 130 Å². The molecular formula is C30H40ClN5O4. The minimum absolute atomic E-state index is 0. The number of hydrogen-bond acceptors (Lipinski definition) is 7. The Morgan fingerprint density at radius 2 is 1.68 bits per heavy atom. The lowest BCUT2D eigenvalue weighted by Crippen LogP contribution is -2.57. The molecule has 5 N–H and O–H groups in total. The Bertz CT molecular complexity index is 1170. The molecule has 9 nitrogen and oxygen atoms in total. The zero-order chi connectivity index (χ0) is 28.2. The number of carbonyl (C=O) groups is 2. The van der Waals surface area contributed by atoms with Crippen LogP contribution in [0.3, 0.4) is 0 Å². The molecule has 1 heterocycles. The minimum atomic E-state index is -0.970. The van der Waals surface area contributed by atoms with Gasteiger partial charge in [-0.25, -0.2) is 9.80 Å². The van der Waals surface area contributed by atoms with Gasteiger partial charge in [-0.15, -0.1) is 12.4 Å². The largest absolute Gasteiger partial charge is 0.453 e. The Balaban J connectivity index is 0.00000560. The number of nitrogens with zero attached hydrogens (tertiary/aromatic N) is 2. The quantitative estimate of drug-likeness (QED) is 0.182. The molecule has 0 aliphatic heterocycles. The number of nitrogens with one attached hydrogen (secondary N) is 2. The molecule has 10 heteroatoms. The summed E-state index contributed by atoms with van der Waals surface area (Å²) in [7, 11) is 1.25. The number of methoxy groups -OCH3 is 1. The lowest BCUT2D eigenvalue weighted by Gasteiger charge is -2.30. The second kappa shape index (κ2) is 16.6. The maximum Gasteiger partial charge on any atom is 0.407 e. The van der Waals surface area contributed by atoms with Crippen LogP contribution < -0.4 is 16.5 Å². The SMILES string of the molecule is CC[C@H](C)[C@H](NC(=O)OC)C(=O)N[C@@H](Cc1ccccc1)[C@@H](O)CN(N)Cc1ccc(-c2ccccn2)cc1.Cl. The van der Waals surface area contributed by atoms with Crippen molar-refractivity contribution in [2.24, 2.45) is 11.8 Å². The number of aromatic nitrogens is 1. The minimum Gasteiger partial charge on any atom is -0.453 e. The maximum atomic E-state index is 13.3. The maximum absolute atomic E-state index is 13.3. The van der Waals surface area contributed by atoms with Crippen molar-refractivity contribution in [1.82, 2.24) is 20.6 Å². The molecule has 0 spiro atoms. The molecule has 2 amide bonds. The highest BCUT2D eigenvalue weighted by molar-refractivity contribution is 5.86. The van der Waals surface area contributed by atoms with Crippen LogP contribution in [0, 0.1) is 5.92 Å². The molecule has 0 aliphatic carbocycles. The number of hydrazine groups is 1. The van der Waals surface area contributed by atoms with Gasteiger partial charge in [-0.2, -0.15) is 0 Å². The molecule has 0 saturated heterocycles. The summed E-state index contributed by atoms with van der Waals surface area (Å²) in [4.78, 5) is 29.5. The molecule has 3 rings (SSSR count). The van der Waals surface area contributed by atoms with Crippen LogP contribution in [0.4, 0.5) is 4.79 Å². The Hall–Kier alpha value is -3.50. The van der Waals surface area contributed by atoms with Crippen LogP contribution >= 0.6 is 12.4 Å². The van der Waals surface area contributed by atoms with Gasteiger partial charge in [0.05, 0.1) is 24.9 Å². The first-order valence-electron chi connectivity index (χ1n) is 13.2. The van der Waals surface area contributed by atoms with E-state index in [2.05, 4.69) is 15.6 Å². The number of pyridine rings is 1. The summed E-state index contributed by atoms with van der Waals surface area (Å²) in [6.45, 7) is 4.35. The number of hydrogen-bond donors (Lipinski definition) is 4. The van der Waals surface area contributed by atoms with Gasteiger partial charge in [-0.1, -0.05) is 80.9 Å². The first-order chi connectivity index (χ1) is 18.8. The summed E-state index contributed by atoms with van der Waals surface area (Å²) < 4.78 is 4.71. The van der Waals surface area contributed by atoms with Crippen LogP contribution in [0.15, 0.2) is 79.0 Å². The smallest absolute Gasteiger partial charge is 0.407 e. The van der Waals surface area contributed by atoms with E-state index in [1.165, 1.54) is 12.1 Å². The molecule has 0 aliphatic rings. The summed E-state index contributed by atoms with van der Waals surface area (Å²) in [6.07, 6.45) is 1.17. The molecule has 2 aromatic carbocycles. The van der Waals surface area contributed by atoms with Crippen LogP contribution in [0.25, 0.3) is 11.3 Å². The van der Waals surface area contributed by atoms with Crippen molar-refractivity contribution in [1.29, 1.82) is 0 Å². The van der Waals surface area contributed by atoms with E-state index in [4.69, 9.17) is 10.6 Å². The van der Waals surface area contributed by atoms with Gasteiger partial charge in [-0.05, 0) is 35.6 Å². The van der Waals surface area contributed by atoms with E-state index in [9.17, 15) is 14.7 Å². The summed E-state index contributed by atoms with van der Waals surface area (Å²) in [5.41, 5.74) is 3.83. The summed E-state index contributed by atoms with van der Waals surface area (Å²) in [5, 5.41) is 18.3. The van der Waals surface area contributed by atoms with Gasteiger partial charge in [0.2, 0.25) is 5.91 Å². The highest BCUT2D eigenvalue weighted by Crippen LogP contribution is 2.18. The zero-order valence-corrected chi connectivity index (χ0v) is 24.0. The normalized spacial score (nSPS) is 13.8. The lowest BCUT2D eigenvalue weighted by atomic mass is 9.96. The third-order valence-corrected chi connectivity index (χ3v) is 6.77. The van der Waals surface area contributed by atoms with Gasteiger partial charge in [0, 0.05) is 24.8 Å². The molecule has 4 atom stereocenters. The summed E-state index contributed by atoms with van der Waals surface area (Å²) in [5.74, 6) is 5.78. The first-order valence-corrected chi connectivity index (χ1v) is 13.2. The molecule has 0 saturated carbocycles. The van der Waals surface area contributed by atoms with Gasteiger partial charge >= 0.3 is 6.09 Å². The van der Waals surface area contributed by atoms with E-state index in [1.54, 1.807) is 6.20 Å². The van der Waals surface area contributed by atoms with Crippen molar-refractivity contribution in [3.8, 4) is 11.3 Å². The standard InChI is InChI=1S/C30H39N5O4.ClH/c1-4-21(2)28(34-30(38)39-3)29(37)33-26(18-22-10-6-5-7-11-22)27(36)20-35(31)19-23-13-15-24(16-14-23)25-12-8-9-17-32-25;/h5-17,21,26-28,36H,4,18-20,31H2,1-3H3,(H,33,37)(H,34,38);1H/t21-,26-,27-,28-;/m0./s1. The Morgan fingerprint density at radius 3 is 2.27 bits per heavy atom. The van der Waals surface area contributed by atoms with E-state index in [0.29, 0.717) is 19.4 Å². The summed E-state index contributed by atoms with van der Waals surface area (Å²) in [6, 6.07) is 21.9. The van der Waals surface area contributed by atoms with E-state index < -0.39 is 24.3 Å². The summed E-state index contributed by atoms with van der Waals surface area (Å²) >= 11 is 0. The monoisotopic (exact) mass is 569 g/mol. The van der Waals surface area contributed by atoms with E-state index in [1.807, 2.05) is 86.6 Å². The average Bonchev–Trinajstić information content (AvgIpc) is 2.96. The van der Waals surface area contributed by atoms with Crippen molar-refractivity contribution in [2.75, 3.05) is 13.7 Å². The highest BCUT2D eigenvalue weighted by atomic mass is 35.5. The number of aliphatic hydroxyl groups is 1. The third kappa shape index (κ3) is 9.91. The number of carbonyl (C=O) groups excluding carboxylic acids is 2. The number of ether oxygens (including phenoxy) is 1. The number of rotatable bonds is 13. The number of aliphatic hydroxyl groups excluding tert-OH is 1. The van der Waals surface area contributed by atoms with Crippen molar-refractivity contribution in [2.45, 2.75) is 51.4 Å².